The lowest BCUT2D eigenvalue weighted by atomic mass is 10.2. The van der Waals surface area contributed by atoms with Crippen molar-refractivity contribution in [3.63, 3.8) is 0 Å². The van der Waals surface area contributed by atoms with Gasteiger partial charge in [-0.25, -0.2) is 15.0 Å². The van der Waals surface area contributed by atoms with E-state index in [1.54, 1.807) is 19.6 Å². The first-order chi connectivity index (χ1) is 11.7. The summed E-state index contributed by atoms with van der Waals surface area (Å²) in [5, 5.41) is 12.7. The second kappa shape index (κ2) is 7.55. The zero-order valence-electron chi connectivity index (χ0n) is 14.0. The fraction of sp³-hybridized carbons (Fsp3) is 0.471. The molecule has 1 aliphatic rings. The molecule has 1 aliphatic heterocycles. The summed E-state index contributed by atoms with van der Waals surface area (Å²) in [5.74, 6) is 1.69. The number of nitrogens with zero attached hydrogens (tertiary/aromatic N) is 4. The lowest BCUT2D eigenvalue weighted by molar-refractivity contribution is 0.118. The summed E-state index contributed by atoms with van der Waals surface area (Å²) in [7, 11) is 1.74. The van der Waals surface area contributed by atoms with Crippen LogP contribution in [-0.4, -0.2) is 52.4 Å². The van der Waals surface area contributed by atoms with Gasteiger partial charge in [-0.05, 0) is 37.1 Å². The highest BCUT2D eigenvalue weighted by Gasteiger charge is 2.32. The number of pyridine rings is 1. The molecule has 0 aromatic carbocycles. The van der Waals surface area contributed by atoms with Crippen LogP contribution in [0, 0.1) is 6.92 Å². The van der Waals surface area contributed by atoms with Crippen LogP contribution < -0.4 is 10.2 Å². The maximum Gasteiger partial charge on any atom is 0.132 e. The molecular formula is C17H23N5O2. The van der Waals surface area contributed by atoms with Crippen molar-refractivity contribution in [1.29, 1.82) is 0 Å². The van der Waals surface area contributed by atoms with Crippen molar-refractivity contribution in [2.45, 2.75) is 32.1 Å². The number of anilines is 2. The largest absolute Gasteiger partial charge is 0.392 e. The van der Waals surface area contributed by atoms with Crippen molar-refractivity contribution in [1.82, 2.24) is 15.0 Å². The normalized spacial score (nSPS) is 20.4. The summed E-state index contributed by atoms with van der Waals surface area (Å²) in [6, 6.07) is 5.93. The topological polar surface area (TPSA) is 83.4 Å². The van der Waals surface area contributed by atoms with Gasteiger partial charge < -0.3 is 20.1 Å². The van der Waals surface area contributed by atoms with Crippen molar-refractivity contribution >= 4 is 11.6 Å². The number of aryl methyl sites for hydroxylation is 1. The Morgan fingerprint density at radius 1 is 1.42 bits per heavy atom. The number of nitrogens with one attached hydrogen (secondary N) is 1. The molecule has 0 amide bonds. The van der Waals surface area contributed by atoms with Crippen LogP contribution in [0.1, 0.15) is 17.7 Å². The summed E-state index contributed by atoms with van der Waals surface area (Å²) in [5.41, 5.74) is 1.75. The lowest BCUT2D eigenvalue weighted by Gasteiger charge is -2.25. The van der Waals surface area contributed by atoms with Gasteiger partial charge >= 0.3 is 0 Å². The highest BCUT2D eigenvalue weighted by Crippen LogP contribution is 2.25. The van der Waals surface area contributed by atoms with Crippen LogP contribution in [0.4, 0.5) is 11.6 Å². The van der Waals surface area contributed by atoms with Crippen LogP contribution in [-0.2, 0) is 11.3 Å². The van der Waals surface area contributed by atoms with E-state index in [1.165, 1.54) is 0 Å². The molecule has 0 radical (unpaired) electrons. The molecule has 7 nitrogen and oxygen atoms in total. The van der Waals surface area contributed by atoms with Crippen molar-refractivity contribution in [3.05, 3.63) is 42.0 Å². The van der Waals surface area contributed by atoms with Gasteiger partial charge in [0.1, 0.15) is 18.0 Å². The lowest BCUT2D eigenvalue weighted by Crippen LogP contribution is -2.35. The Labute approximate surface area is 141 Å². The molecule has 0 unspecified atom stereocenters. The summed E-state index contributed by atoms with van der Waals surface area (Å²) in [6.45, 7) is 3.47. The highest BCUT2D eigenvalue weighted by molar-refractivity contribution is 5.43. The first kappa shape index (κ1) is 16.6. The molecular weight excluding hydrogens is 306 g/mol. The van der Waals surface area contributed by atoms with Crippen LogP contribution in [0.2, 0.25) is 0 Å². The number of methoxy groups -OCH3 is 1. The molecule has 3 rings (SSSR count). The zero-order chi connectivity index (χ0) is 16.9. The second-order valence-corrected chi connectivity index (χ2v) is 6.01. The molecule has 2 aromatic rings. The Bertz CT molecular complexity index is 667. The Morgan fingerprint density at radius 2 is 2.29 bits per heavy atom. The van der Waals surface area contributed by atoms with E-state index in [0.29, 0.717) is 0 Å². The van der Waals surface area contributed by atoms with Gasteiger partial charge in [-0.15, -0.1) is 0 Å². The monoisotopic (exact) mass is 329 g/mol. The standard InChI is InChI=1S/C17H23N5O2/c1-12-5-13(10-23)6-16(21-12)19-8-14-7-15(24-2)9-22(14)17-3-4-18-11-20-17/h3-6,11,14-15,23H,7-10H2,1-2H3,(H,19,21)/t14-,15-/m1/s1. The Morgan fingerprint density at radius 3 is 3.00 bits per heavy atom. The van der Waals surface area contributed by atoms with Gasteiger partial charge in [0.15, 0.2) is 0 Å². The molecule has 1 saturated heterocycles. The van der Waals surface area contributed by atoms with E-state index >= 15 is 0 Å². The summed E-state index contributed by atoms with van der Waals surface area (Å²) in [6.07, 6.45) is 4.43. The number of hydrogen-bond acceptors (Lipinski definition) is 7. The smallest absolute Gasteiger partial charge is 0.132 e. The fourth-order valence-electron chi connectivity index (χ4n) is 3.12. The summed E-state index contributed by atoms with van der Waals surface area (Å²) in [4.78, 5) is 15.1. The molecule has 0 spiro atoms. The second-order valence-electron chi connectivity index (χ2n) is 6.01. The number of rotatable bonds is 6. The molecule has 2 atom stereocenters. The van der Waals surface area contributed by atoms with Gasteiger partial charge in [0.05, 0.1) is 18.8 Å². The Balaban J connectivity index is 1.71. The minimum atomic E-state index is 0.0142. The van der Waals surface area contributed by atoms with Gasteiger partial charge in [0, 0.05) is 32.1 Å². The van der Waals surface area contributed by atoms with Crippen molar-refractivity contribution in [2.75, 3.05) is 30.4 Å². The molecule has 2 N–H and O–H groups in total. The van der Waals surface area contributed by atoms with Gasteiger partial charge in [-0.2, -0.15) is 0 Å². The maximum atomic E-state index is 9.33. The summed E-state index contributed by atoms with van der Waals surface area (Å²) < 4.78 is 5.54. The third-order valence-electron chi connectivity index (χ3n) is 4.28. The van der Waals surface area contributed by atoms with Crippen molar-refractivity contribution < 1.29 is 9.84 Å². The van der Waals surface area contributed by atoms with E-state index in [-0.39, 0.29) is 18.8 Å². The quantitative estimate of drug-likeness (QED) is 0.828. The molecule has 0 aliphatic carbocycles. The number of ether oxygens (including phenoxy) is 1. The molecule has 24 heavy (non-hydrogen) atoms. The molecule has 128 valence electrons. The van der Waals surface area contributed by atoms with Crippen LogP contribution in [0.5, 0.6) is 0 Å². The third kappa shape index (κ3) is 3.80. The maximum absolute atomic E-state index is 9.33. The molecule has 1 fully saturated rings. The third-order valence-corrected chi connectivity index (χ3v) is 4.28. The van der Waals surface area contributed by atoms with Crippen LogP contribution in [0.15, 0.2) is 30.7 Å². The van der Waals surface area contributed by atoms with Crippen LogP contribution >= 0.6 is 0 Å². The van der Waals surface area contributed by atoms with Crippen molar-refractivity contribution in [3.8, 4) is 0 Å². The predicted octanol–water partition coefficient (Wildman–Crippen LogP) is 1.38. The van der Waals surface area contributed by atoms with E-state index in [0.717, 1.165) is 42.4 Å². The minimum absolute atomic E-state index is 0.0142. The summed E-state index contributed by atoms with van der Waals surface area (Å²) >= 11 is 0. The first-order valence-electron chi connectivity index (χ1n) is 8.07. The number of hydrogen-bond donors (Lipinski definition) is 2. The van der Waals surface area contributed by atoms with Gasteiger partial charge in [-0.3, -0.25) is 0 Å². The predicted molar refractivity (Wildman–Crippen MR) is 92.0 cm³/mol. The number of aromatic nitrogens is 3. The fourth-order valence-corrected chi connectivity index (χ4v) is 3.12. The van der Waals surface area contributed by atoms with Gasteiger partial charge in [0.25, 0.3) is 0 Å². The van der Waals surface area contributed by atoms with E-state index in [1.807, 2.05) is 25.1 Å². The van der Waals surface area contributed by atoms with Crippen LogP contribution in [0.25, 0.3) is 0 Å². The average molecular weight is 329 g/mol. The van der Waals surface area contributed by atoms with E-state index in [4.69, 9.17) is 4.74 Å². The van der Waals surface area contributed by atoms with Gasteiger partial charge in [-0.1, -0.05) is 0 Å². The SMILES string of the molecule is CO[C@@H]1C[C@H](CNc2cc(CO)cc(C)n2)N(c2ccncn2)C1. The number of aliphatic hydroxyl groups is 1. The average Bonchev–Trinajstić information content (AvgIpc) is 3.03. The molecule has 0 bridgehead atoms. The molecule has 2 aromatic heterocycles. The van der Waals surface area contributed by atoms with E-state index in [2.05, 4.69) is 25.2 Å². The van der Waals surface area contributed by atoms with E-state index < -0.39 is 0 Å². The Kier molecular flexibility index (Phi) is 5.22. The van der Waals surface area contributed by atoms with E-state index in [9.17, 15) is 5.11 Å². The first-order valence-corrected chi connectivity index (χ1v) is 8.07. The van der Waals surface area contributed by atoms with Crippen LogP contribution in [0.3, 0.4) is 0 Å². The molecule has 7 heteroatoms. The molecule has 0 saturated carbocycles. The minimum Gasteiger partial charge on any atom is -0.392 e. The Hall–Kier alpha value is -2.25. The van der Waals surface area contributed by atoms with Gasteiger partial charge in [0.2, 0.25) is 0 Å². The van der Waals surface area contributed by atoms with Crippen molar-refractivity contribution in [2.24, 2.45) is 0 Å². The zero-order valence-corrected chi connectivity index (χ0v) is 14.0. The number of aliphatic hydroxyl groups excluding tert-OH is 1. The highest BCUT2D eigenvalue weighted by atomic mass is 16.5. The molecule has 3 heterocycles.